The van der Waals surface area contributed by atoms with Gasteiger partial charge in [0, 0.05) is 33.6 Å². The SMILES string of the molecule is Cn1c2ccccc2c2ccc3c4cc5ccccc5cc4p(-c4ccccc4)c3c21. The highest BCUT2D eigenvalue weighted by Gasteiger charge is 2.20. The smallest absolute Gasteiger partial charge is 0.0612 e. The van der Waals surface area contributed by atoms with E-state index < -0.39 is 7.53 Å². The van der Waals surface area contributed by atoms with Crippen LogP contribution in [0.1, 0.15) is 0 Å². The molecule has 0 fully saturated rings. The molecule has 146 valence electrons. The van der Waals surface area contributed by atoms with Crippen molar-refractivity contribution in [3.63, 3.8) is 0 Å². The summed E-state index contributed by atoms with van der Waals surface area (Å²) in [6.45, 7) is 0. The van der Waals surface area contributed by atoms with Crippen LogP contribution in [0.25, 0.3) is 58.9 Å². The van der Waals surface area contributed by atoms with E-state index in [4.69, 9.17) is 0 Å². The third-order valence-electron chi connectivity index (χ3n) is 6.68. The Morgan fingerprint density at radius 1 is 0.581 bits per heavy atom. The fourth-order valence-corrected chi connectivity index (χ4v) is 8.15. The second-order valence-corrected chi connectivity index (χ2v) is 10.4. The van der Waals surface area contributed by atoms with Gasteiger partial charge in [-0.3, -0.25) is 0 Å². The number of fused-ring (bicyclic) bond motifs is 8. The van der Waals surface area contributed by atoms with Crippen molar-refractivity contribution in [3.05, 3.63) is 103 Å². The Balaban J connectivity index is 1.81. The van der Waals surface area contributed by atoms with Crippen LogP contribution in [0.2, 0.25) is 0 Å². The van der Waals surface area contributed by atoms with E-state index >= 15 is 0 Å². The van der Waals surface area contributed by atoms with Gasteiger partial charge in [-0.05, 0) is 45.0 Å². The largest absolute Gasteiger partial charge is 0.343 e. The molecule has 5 aromatic carbocycles. The van der Waals surface area contributed by atoms with Crippen molar-refractivity contribution in [3.8, 4) is 5.30 Å². The molecule has 1 atom stereocenters. The first-order valence-electron chi connectivity index (χ1n) is 10.7. The van der Waals surface area contributed by atoms with E-state index in [0.29, 0.717) is 0 Å². The summed E-state index contributed by atoms with van der Waals surface area (Å²) in [5.74, 6) is 0. The molecule has 0 N–H and O–H groups in total. The van der Waals surface area contributed by atoms with Crippen molar-refractivity contribution in [2.75, 3.05) is 0 Å². The van der Waals surface area contributed by atoms with Crippen LogP contribution in [-0.4, -0.2) is 4.57 Å². The lowest BCUT2D eigenvalue weighted by Gasteiger charge is -2.07. The zero-order chi connectivity index (χ0) is 20.5. The first-order valence-corrected chi connectivity index (χ1v) is 12.0. The molecule has 1 nitrogen and oxygen atoms in total. The molecule has 0 bridgehead atoms. The van der Waals surface area contributed by atoms with Crippen molar-refractivity contribution in [2.24, 2.45) is 7.05 Å². The van der Waals surface area contributed by atoms with Gasteiger partial charge in [-0.2, -0.15) is 0 Å². The highest BCUT2D eigenvalue weighted by atomic mass is 31.1. The Labute approximate surface area is 181 Å². The van der Waals surface area contributed by atoms with Gasteiger partial charge in [0.25, 0.3) is 0 Å². The number of rotatable bonds is 1. The van der Waals surface area contributed by atoms with E-state index in [0.717, 1.165) is 0 Å². The molecule has 7 rings (SSSR count). The van der Waals surface area contributed by atoms with Crippen LogP contribution >= 0.6 is 7.53 Å². The van der Waals surface area contributed by atoms with Crippen LogP contribution in [0.5, 0.6) is 0 Å². The highest BCUT2D eigenvalue weighted by molar-refractivity contribution is 7.68. The van der Waals surface area contributed by atoms with E-state index in [1.54, 1.807) is 0 Å². The van der Waals surface area contributed by atoms with Gasteiger partial charge in [-0.15, -0.1) is 0 Å². The third-order valence-corrected chi connectivity index (χ3v) is 9.24. The molecular weight excluding hydrogens is 393 g/mol. The van der Waals surface area contributed by atoms with Gasteiger partial charge in [0.2, 0.25) is 0 Å². The number of hydrogen-bond donors (Lipinski definition) is 0. The highest BCUT2D eigenvalue weighted by Crippen LogP contribution is 2.58. The zero-order valence-electron chi connectivity index (χ0n) is 17.2. The lowest BCUT2D eigenvalue weighted by Crippen LogP contribution is -1.86. The summed E-state index contributed by atoms with van der Waals surface area (Å²) in [6, 6.07) is 38.2. The molecule has 0 aliphatic heterocycles. The third kappa shape index (κ3) is 2.27. The molecule has 2 aromatic heterocycles. The summed E-state index contributed by atoms with van der Waals surface area (Å²) in [5.41, 5.74) is 2.68. The molecule has 0 saturated carbocycles. The monoisotopic (exact) mass is 413 g/mol. The fraction of sp³-hybridized carbons (Fsp3) is 0.0345. The number of aryl methyl sites for hydroxylation is 1. The van der Waals surface area contributed by atoms with Crippen molar-refractivity contribution in [2.45, 2.75) is 0 Å². The van der Waals surface area contributed by atoms with Gasteiger partial charge < -0.3 is 4.57 Å². The molecule has 2 heterocycles. The normalized spacial score (nSPS) is 12.6. The van der Waals surface area contributed by atoms with Gasteiger partial charge in [0.05, 0.1) is 5.52 Å². The van der Waals surface area contributed by atoms with Crippen LogP contribution in [0.15, 0.2) is 103 Å². The molecule has 0 amide bonds. The van der Waals surface area contributed by atoms with E-state index in [1.165, 1.54) is 58.9 Å². The second-order valence-electron chi connectivity index (χ2n) is 8.32. The predicted octanol–water partition coefficient (Wildman–Crippen LogP) is 8.77. The number of aromatic nitrogens is 1. The van der Waals surface area contributed by atoms with E-state index in [1.807, 2.05) is 0 Å². The first kappa shape index (κ1) is 17.2. The summed E-state index contributed by atoms with van der Waals surface area (Å²) in [6.07, 6.45) is 0. The van der Waals surface area contributed by atoms with Crippen molar-refractivity contribution < 1.29 is 0 Å². The molecule has 1 unspecified atom stereocenters. The Hall–Kier alpha value is -3.54. The summed E-state index contributed by atoms with van der Waals surface area (Å²) in [5, 5.41) is 12.5. The van der Waals surface area contributed by atoms with E-state index in [-0.39, 0.29) is 0 Å². The second kappa shape index (κ2) is 6.23. The number of benzene rings is 5. The summed E-state index contributed by atoms with van der Waals surface area (Å²) >= 11 is 0. The molecular formula is C29H20NP. The number of para-hydroxylation sites is 1. The zero-order valence-corrected chi connectivity index (χ0v) is 18.1. The van der Waals surface area contributed by atoms with Crippen molar-refractivity contribution in [1.29, 1.82) is 0 Å². The minimum atomic E-state index is -0.619. The average molecular weight is 413 g/mol. The van der Waals surface area contributed by atoms with Crippen LogP contribution in [-0.2, 0) is 7.05 Å². The summed E-state index contributed by atoms with van der Waals surface area (Å²) in [4.78, 5) is 0. The van der Waals surface area contributed by atoms with E-state index in [2.05, 4.69) is 115 Å². The Bertz CT molecular complexity index is 1780. The van der Waals surface area contributed by atoms with E-state index in [9.17, 15) is 0 Å². The van der Waals surface area contributed by atoms with Gasteiger partial charge >= 0.3 is 0 Å². The molecule has 31 heavy (non-hydrogen) atoms. The lowest BCUT2D eigenvalue weighted by molar-refractivity contribution is 1.02. The van der Waals surface area contributed by atoms with Crippen LogP contribution in [0.3, 0.4) is 0 Å². The van der Waals surface area contributed by atoms with Crippen LogP contribution in [0.4, 0.5) is 0 Å². The maximum Gasteiger partial charge on any atom is 0.0612 e. The van der Waals surface area contributed by atoms with Gasteiger partial charge in [0.1, 0.15) is 0 Å². The predicted molar refractivity (Wildman–Crippen MR) is 137 cm³/mol. The minimum absolute atomic E-state index is 0.619. The van der Waals surface area contributed by atoms with Crippen LogP contribution < -0.4 is 0 Å². The molecule has 0 saturated heterocycles. The maximum atomic E-state index is 2.44. The molecule has 2 heteroatoms. The van der Waals surface area contributed by atoms with Gasteiger partial charge in [-0.1, -0.05) is 92.5 Å². The average Bonchev–Trinajstić information content (AvgIpc) is 3.30. The van der Waals surface area contributed by atoms with Crippen molar-refractivity contribution in [1.82, 2.24) is 4.57 Å². The summed E-state index contributed by atoms with van der Waals surface area (Å²) < 4.78 is 2.41. The minimum Gasteiger partial charge on any atom is -0.343 e. The summed E-state index contributed by atoms with van der Waals surface area (Å²) in [7, 11) is 1.61. The van der Waals surface area contributed by atoms with Gasteiger partial charge in [0.15, 0.2) is 0 Å². The van der Waals surface area contributed by atoms with Crippen molar-refractivity contribution >= 4 is 61.1 Å². The number of hydrogen-bond acceptors (Lipinski definition) is 0. The standard InChI is InChI=1S/C29H20NP/c1-30-26-14-8-7-13-22(26)23-15-16-24-25-17-19-9-5-6-10-20(19)18-27(25)31(29(24)28(23)30)21-11-3-2-4-12-21/h2-18H,1H3. The molecule has 7 aromatic rings. The lowest BCUT2D eigenvalue weighted by atomic mass is 10.1. The quantitative estimate of drug-likeness (QED) is 0.253. The molecule has 0 aliphatic carbocycles. The van der Waals surface area contributed by atoms with Crippen LogP contribution in [0, 0.1) is 0 Å². The molecule has 0 spiro atoms. The first-order chi connectivity index (χ1) is 15.3. The topological polar surface area (TPSA) is 4.93 Å². The number of nitrogens with zero attached hydrogens (tertiary/aromatic N) is 1. The maximum absolute atomic E-state index is 2.44. The van der Waals surface area contributed by atoms with Gasteiger partial charge in [-0.25, -0.2) is 0 Å². The molecule has 0 radical (unpaired) electrons. The Kier molecular flexibility index (Phi) is 3.45. The fourth-order valence-electron chi connectivity index (χ4n) is 5.29. The molecule has 0 aliphatic rings. The Morgan fingerprint density at radius 2 is 1.26 bits per heavy atom. The Morgan fingerprint density at radius 3 is 2.10 bits per heavy atom.